The van der Waals surface area contributed by atoms with Gasteiger partial charge in [-0.2, -0.15) is 0 Å². The lowest BCUT2D eigenvalue weighted by Gasteiger charge is -2.36. The monoisotopic (exact) mass is 498 g/mol. The second kappa shape index (κ2) is 14.0. The molecule has 7 heteroatoms. The molecule has 0 N–H and O–H groups in total. The smallest absolute Gasteiger partial charge is 0.324 e. The maximum atomic E-state index is 13.5. The molecule has 0 radical (unpaired) electrons. The molecule has 36 heavy (non-hydrogen) atoms. The van der Waals surface area contributed by atoms with Crippen LogP contribution in [0, 0.1) is 0 Å². The van der Waals surface area contributed by atoms with E-state index in [1.54, 1.807) is 14.2 Å². The Hall–Kier alpha value is -2.93. The van der Waals surface area contributed by atoms with Crippen LogP contribution in [0.1, 0.15) is 57.6 Å². The zero-order chi connectivity index (χ0) is 25.9. The second-order valence-electron chi connectivity index (χ2n) is 9.42. The Labute approximate surface area is 216 Å². The highest BCUT2D eigenvalue weighted by molar-refractivity contribution is 5.93. The molecule has 0 atom stereocenters. The van der Waals surface area contributed by atoms with Gasteiger partial charge >= 0.3 is 6.03 Å². The zero-order valence-corrected chi connectivity index (χ0v) is 22.5. The quantitative estimate of drug-likeness (QED) is 0.296. The number of unbranched alkanes of at least 4 members (excludes halogenated alkanes) is 2. The second-order valence-corrected chi connectivity index (χ2v) is 9.42. The standard InChI is InChI=1S/C29H42N2O5/c1-6-7-8-17-36-28-20-25(12-13-26(28)33-4)31-16-9-15-30(29(31)32)21-24-11-10-23(19-27(24)34-5)14-18-35-22(2)3/h10-13,19-20,22H,6-9,14-18,21H2,1-5H3. The van der Waals surface area contributed by atoms with Gasteiger partial charge in [0, 0.05) is 30.4 Å². The molecule has 1 aliphatic rings. The summed E-state index contributed by atoms with van der Waals surface area (Å²) in [5.74, 6) is 2.16. The van der Waals surface area contributed by atoms with Gasteiger partial charge in [0.05, 0.1) is 40.1 Å². The molecule has 2 aromatic rings. The van der Waals surface area contributed by atoms with Crippen molar-refractivity contribution in [1.29, 1.82) is 0 Å². The third kappa shape index (κ3) is 7.53. The largest absolute Gasteiger partial charge is 0.496 e. The highest BCUT2D eigenvalue weighted by atomic mass is 16.5. The van der Waals surface area contributed by atoms with Crippen LogP contribution in [0.2, 0.25) is 0 Å². The molecule has 1 fully saturated rings. The number of rotatable bonds is 14. The summed E-state index contributed by atoms with van der Waals surface area (Å²) in [4.78, 5) is 17.2. The molecule has 2 aromatic carbocycles. The molecule has 1 aliphatic heterocycles. The van der Waals surface area contributed by atoms with Crippen molar-refractivity contribution in [1.82, 2.24) is 4.90 Å². The molecule has 0 spiro atoms. The fraction of sp³-hybridized carbons (Fsp3) is 0.552. The summed E-state index contributed by atoms with van der Waals surface area (Å²) < 4.78 is 22.8. The van der Waals surface area contributed by atoms with E-state index < -0.39 is 0 Å². The van der Waals surface area contributed by atoms with E-state index in [0.717, 1.165) is 54.7 Å². The first-order valence-corrected chi connectivity index (χ1v) is 13.1. The van der Waals surface area contributed by atoms with Gasteiger partial charge in [0.25, 0.3) is 0 Å². The van der Waals surface area contributed by atoms with E-state index in [9.17, 15) is 4.79 Å². The maximum absolute atomic E-state index is 13.5. The minimum absolute atomic E-state index is 0.0141. The van der Waals surface area contributed by atoms with Gasteiger partial charge in [0.2, 0.25) is 0 Å². The van der Waals surface area contributed by atoms with Crippen LogP contribution in [0.25, 0.3) is 0 Å². The molecule has 0 aromatic heterocycles. The van der Waals surface area contributed by atoms with Crippen molar-refractivity contribution < 1.29 is 23.7 Å². The Balaban J connectivity index is 1.70. The van der Waals surface area contributed by atoms with Gasteiger partial charge in [-0.3, -0.25) is 4.90 Å². The summed E-state index contributed by atoms with van der Waals surface area (Å²) >= 11 is 0. The molecule has 1 saturated heterocycles. The minimum atomic E-state index is -0.0141. The fourth-order valence-corrected chi connectivity index (χ4v) is 4.34. The van der Waals surface area contributed by atoms with Gasteiger partial charge in [0.1, 0.15) is 5.75 Å². The third-order valence-electron chi connectivity index (χ3n) is 6.33. The van der Waals surface area contributed by atoms with Gasteiger partial charge in [0.15, 0.2) is 11.5 Å². The number of amides is 2. The van der Waals surface area contributed by atoms with Gasteiger partial charge in [-0.05, 0) is 56.9 Å². The summed E-state index contributed by atoms with van der Waals surface area (Å²) in [5.41, 5.74) is 2.98. The minimum Gasteiger partial charge on any atom is -0.496 e. The maximum Gasteiger partial charge on any atom is 0.324 e. The number of ether oxygens (including phenoxy) is 4. The SMILES string of the molecule is CCCCCOc1cc(N2CCCN(Cc3ccc(CCOC(C)C)cc3OC)C2=O)ccc1OC. The topological polar surface area (TPSA) is 60.5 Å². The molecule has 0 saturated carbocycles. The van der Waals surface area contributed by atoms with Crippen LogP contribution in [0.4, 0.5) is 10.5 Å². The summed E-state index contributed by atoms with van der Waals surface area (Å²) in [6, 6.07) is 11.9. The lowest BCUT2D eigenvalue weighted by atomic mass is 10.1. The lowest BCUT2D eigenvalue weighted by molar-refractivity contribution is 0.0813. The summed E-state index contributed by atoms with van der Waals surface area (Å²) in [6.45, 7) is 9.42. The zero-order valence-electron chi connectivity index (χ0n) is 22.5. The van der Waals surface area contributed by atoms with Gasteiger partial charge in [-0.1, -0.05) is 31.9 Å². The Morgan fingerprint density at radius 2 is 1.72 bits per heavy atom. The van der Waals surface area contributed by atoms with E-state index >= 15 is 0 Å². The lowest BCUT2D eigenvalue weighted by Crippen LogP contribution is -2.49. The van der Waals surface area contributed by atoms with Crippen LogP contribution < -0.4 is 19.1 Å². The van der Waals surface area contributed by atoms with Crippen molar-refractivity contribution in [2.45, 2.75) is 65.5 Å². The number of benzene rings is 2. The molecule has 1 heterocycles. The molecule has 0 bridgehead atoms. The molecule has 0 unspecified atom stereocenters. The average Bonchev–Trinajstić information content (AvgIpc) is 2.88. The van der Waals surface area contributed by atoms with Crippen LogP contribution in [-0.4, -0.2) is 57.6 Å². The van der Waals surface area contributed by atoms with Crippen LogP contribution in [0.5, 0.6) is 17.2 Å². The third-order valence-corrected chi connectivity index (χ3v) is 6.33. The highest BCUT2D eigenvalue weighted by Gasteiger charge is 2.28. The van der Waals surface area contributed by atoms with Crippen LogP contribution in [-0.2, 0) is 17.7 Å². The molecular weight excluding hydrogens is 456 g/mol. The number of methoxy groups -OCH3 is 2. The number of urea groups is 1. The van der Waals surface area contributed by atoms with Crippen molar-refractivity contribution in [2.75, 3.05) is 45.4 Å². The van der Waals surface area contributed by atoms with E-state index in [-0.39, 0.29) is 12.1 Å². The fourth-order valence-electron chi connectivity index (χ4n) is 4.34. The first-order chi connectivity index (χ1) is 17.5. The Bertz CT molecular complexity index is 978. The van der Waals surface area contributed by atoms with E-state index in [1.807, 2.05) is 41.8 Å². The van der Waals surface area contributed by atoms with E-state index in [1.165, 1.54) is 0 Å². The molecule has 198 valence electrons. The molecule has 7 nitrogen and oxygen atoms in total. The Morgan fingerprint density at radius 3 is 2.44 bits per heavy atom. The summed E-state index contributed by atoms with van der Waals surface area (Å²) in [5, 5.41) is 0. The van der Waals surface area contributed by atoms with Gasteiger partial charge in [-0.15, -0.1) is 0 Å². The molecule has 0 aliphatic carbocycles. The van der Waals surface area contributed by atoms with Crippen LogP contribution >= 0.6 is 0 Å². The number of hydrogen-bond acceptors (Lipinski definition) is 5. The predicted octanol–water partition coefficient (Wildman–Crippen LogP) is 6.07. The van der Waals surface area contributed by atoms with Gasteiger partial charge < -0.3 is 23.8 Å². The van der Waals surface area contributed by atoms with E-state index in [4.69, 9.17) is 18.9 Å². The molecular formula is C29H42N2O5. The molecule has 3 rings (SSSR count). The number of anilines is 1. The number of nitrogens with zero attached hydrogens (tertiary/aromatic N) is 2. The molecule has 2 amide bonds. The Morgan fingerprint density at radius 1 is 0.917 bits per heavy atom. The van der Waals surface area contributed by atoms with Crippen LogP contribution in [0.15, 0.2) is 36.4 Å². The first kappa shape index (κ1) is 27.7. The number of hydrogen-bond donors (Lipinski definition) is 0. The Kier molecular flexibility index (Phi) is 10.7. The van der Waals surface area contributed by atoms with E-state index in [0.29, 0.717) is 44.3 Å². The van der Waals surface area contributed by atoms with Crippen molar-refractivity contribution in [3.05, 3.63) is 47.5 Å². The van der Waals surface area contributed by atoms with Crippen molar-refractivity contribution in [2.24, 2.45) is 0 Å². The van der Waals surface area contributed by atoms with Crippen molar-refractivity contribution in [3.8, 4) is 17.2 Å². The first-order valence-electron chi connectivity index (χ1n) is 13.1. The van der Waals surface area contributed by atoms with Gasteiger partial charge in [-0.25, -0.2) is 4.79 Å². The predicted molar refractivity (Wildman–Crippen MR) is 144 cm³/mol. The van der Waals surface area contributed by atoms with E-state index in [2.05, 4.69) is 25.1 Å². The van der Waals surface area contributed by atoms with Crippen molar-refractivity contribution >= 4 is 11.7 Å². The van der Waals surface area contributed by atoms with Crippen LogP contribution in [0.3, 0.4) is 0 Å². The summed E-state index contributed by atoms with van der Waals surface area (Å²) in [7, 11) is 3.31. The van der Waals surface area contributed by atoms with Crippen molar-refractivity contribution in [3.63, 3.8) is 0 Å². The highest BCUT2D eigenvalue weighted by Crippen LogP contribution is 2.34. The number of carbonyl (C=O) groups excluding carboxylic acids is 1. The normalized spacial score (nSPS) is 13.9. The average molecular weight is 499 g/mol. The number of carbonyl (C=O) groups is 1. The summed E-state index contributed by atoms with van der Waals surface area (Å²) in [6.07, 6.45) is 5.18.